The monoisotopic (exact) mass is 478 g/mol. The average Bonchev–Trinajstić information content (AvgIpc) is 2.99. The van der Waals surface area contributed by atoms with Crippen molar-refractivity contribution in [3.63, 3.8) is 0 Å². The van der Waals surface area contributed by atoms with E-state index in [2.05, 4.69) is 42.2 Å². The van der Waals surface area contributed by atoms with Gasteiger partial charge in [-0.05, 0) is 39.7 Å². The summed E-state index contributed by atoms with van der Waals surface area (Å²) in [5.74, 6) is -0.180. The number of fused-ring (bicyclic) bond motifs is 3. The lowest BCUT2D eigenvalue weighted by Gasteiger charge is -2.30. The van der Waals surface area contributed by atoms with E-state index < -0.39 is 12.0 Å². The largest absolute Gasteiger partial charge is 0.495 e. The molecule has 0 radical (unpaired) electrons. The summed E-state index contributed by atoms with van der Waals surface area (Å²) < 4.78 is 7.29. The molecule has 0 spiro atoms. The molecule has 2 atom stereocenters. The van der Waals surface area contributed by atoms with Crippen molar-refractivity contribution in [3.05, 3.63) is 62.2 Å². The van der Waals surface area contributed by atoms with E-state index in [1.165, 1.54) is 0 Å². The predicted octanol–water partition coefficient (Wildman–Crippen LogP) is 4.39. The molecule has 26 heavy (non-hydrogen) atoms. The van der Waals surface area contributed by atoms with Crippen LogP contribution < -0.4 is 10.1 Å². The van der Waals surface area contributed by atoms with Crippen molar-refractivity contribution in [2.45, 2.75) is 18.5 Å². The second kappa shape index (κ2) is 6.72. The van der Waals surface area contributed by atoms with Crippen molar-refractivity contribution >= 4 is 48.7 Å². The first-order valence-electron chi connectivity index (χ1n) is 8.11. The second-order valence-electron chi connectivity index (χ2n) is 6.27. The van der Waals surface area contributed by atoms with Gasteiger partial charge in [-0.15, -0.1) is 0 Å². The SMILES string of the molecule is COc1c(Br)cc(Br)cc1[C@H]1N[C@@H](C(=O)O)Cc2c1[nH]c1ccccc21. The maximum atomic E-state index is 11.8. The first-order valence-corrected chi connectivity index (χ1v) is 9.69. The third kappa shape index (κ3) is 2.84. The molecule has 5 nitrogen and oxygen atoms in total. The van der Waals surface area contributed by atoms with E-state index in [4.69, 9.17) is 4.74 Å². The van der Waals surface area contributed by atoms with Crippen LogP contribution in [0.1, 0.15) is 22.9 Å². The Bertz CT molecular complexity index is 1020. The first kappa shape index (κ1) is 17.6. The maximum Gasteiger partial charge on any atom is 0.321 e. The molecular weight excluding hydrogens is 464 g/mol. The molecule has 7 heteroatoms. The second-order valence-corrected chi connectivity index (χ2v) is 8.04. The molecule has 1 aliphatic rings. The van der Waals surface area contributed by atoms with Gasteiger partial charge in [0.2, 0.25) is 0 Å². The van der Waals surface area contributed by atoms with E-state index in [0.717, 1.165) is 36.7 Å². The summed E-state index contributed by atoms with van der Waals surface area (Å²) in [5, 5.41) is 14.0. The van der Waals surface area contributed by atoms with E-state index in [0.29, 0.717) is 12.2 Å². The number of nitrogens with one attached hydrogen (secondary N) is 2. The lowest BCUT2D eigenvalue weighted by Crippen LogP contribution is -2.45. The molecule has 0 bridgehead atoms. The van der Waals surface area contributed by atoms with E-state index in [-0.39, 0.29) is 6.04 Å². The van der Waals surface area contributed by atoms with Crippen LogP contribution in [0.4, 0.5) is 0 Å². The van der Waals surface area contributed by atoms with Crippen molar-refractivity contribution in [2.24, 2.45) is 0 Å². The van der Waals surface area contributed by atoms with Crippen LogP contribution in [-0.2, 0) is 11.2 Å². The Kier molecular flexibility index (Phi) is 4.54. The van der Waals surface area contributed by atoms with Gasteiger partial charge in [-0.2, -0.15) is 0 Å². The average molecular weight is 480 g/mol. The fraction of sp³-hybridized carbons (Fsp3) is 0.211. The van der Waals surface area contributed by atoms with Gasteiger partial charge in [-0.3, -0.25) is 10.1 Å². The number of carboxylic acid groups (broad SMARTS) is 1. The maximum absolute atomic E-state index is 11.8. The highest BCUT2D eigenvalue weighted by Gasteiger charge is 2.35. The Hall–Kier alpha value is -1.83. The van der Waals surface area contributed by atoms with Crippen LogP contribution in [-0.4, -0.2) is 29.2 Å². The van der Waals surface area contributed by atoms with Gasteiger partial charge in [0.05, 0.1) is 17.6 Å². The molecule has 1 aliphatic heterocycles. The number of aliphatic carboxylic acids is 1. The molecule has 2 aromatic carbocycles. The number of methoxy groups -OCH3 is 1. The van der Waals surface area contributed by atoms with Crippen LogP contribution in [0.15, 0.2) is 45.3 Å². The van der Waals surface area contributed by atoms with E-state index in [1.54, 1.807) is 7.11 Å². The van der Waals surface area contributed by atoms with Crippen LogP contribution in [0.2, 0.25) is 0 Å². The molecule has 0 aliphatic carbocycles. The summed E-state index contributed by atoms with van der Waals surface area (Å²) in [6, 6.07) is 10.9. The number of carboxylic acids is 1. The number of ether oxygens (including phenoxy) is 1. The molecule has 0 amide bonds. The van der Waals surface area contributed by atoms with Gasteiger partial charge in [0.25, 0.3) is 0 Å². The van der Waals surface area contributed by atoms with Gasteiger partial charge in [-0.1, -0.05) is 34.1 Å². The van der Waals surface area contributed by atoms with Gasteiger partial charge < -0.3 is 14.8 Å². The van der Waals surface area contributed by atoms with Gasteiger partial charge in [0.1, 0.15) is 11.8 Å². The molecule has 0 saturated carbocycles. The number of hydrogen-bond acceptors (Lipinski definition) is 3. The first-order chi connectivity index (χ1) is 12.5. The Labute approximate surface area is 167 Å². The minimum absolute atomic E-state index is 0.323. The third-order valence-corrected chi connectivity index (χ3v) is 5.81. The molecule has 2 heterocycles. The predicted molar refractivity (Wildman–Crippen MR) is 107 cm³/mol. The summed E-state index contributed by atoms with van der Waals surface area (Å²) >= 11 is 7.06. The smallest absolute Gasteiger partial charge is 0.321 e. The number of hydrogen-bond donors (Lipinski definition) is 3. The zero-order valence-corrected chi connectivity index (χ0v) is 17.0. The quantitative estimate of drug-likeness (QED) is 0.520. The van der Waals surface area contributed by atoms with Crippen molar-refractivity contribution in [1.29, 1.82) is 0 Å². The standard InChI is InChI=1S/C19H16Br2N2O3/c1-26-18-12(6-9(20)7-13(18)21)17-16-11(8-15(23-17)19(24)25)10-4-2-3-5-14(10)22-16/h2-7,15,17,22-23H,8H2,1H3,(H,24,25)/t15-,17-/m1/s1. The Morgan fingerprint density at radius 2 is 2.04 bits per heavy atom. The lowest BCUT2D eigenvalue weighted by molar-refractivity contribution is -0.139. The van der Waals surface area contributed by atoms with Gasteiger partial charge in [0.15, 0.2) is 0 Å². The number of halogens is 2. The molecule has 134 valence electrons. The van der Waals surface area contributed by atoms with E-state index in [9.17, 15) is 9.90 Å². The van der Waals surface area contributed by atoms with Gasteiger partial charge in [-0.25, -0.2) is 0 Å². The molecule has 0 saturated heterocycles. The molecule has 3 N–H and O–H groups in total. The third-order valence-electron chi connectivity index (χ3n) is 4.76. The number of para-hydroxylation sites is 1. The van der Waals surface area contributed by atoms with Crippen LogP contribution in [0.25, 0.3) is 10.9 Å². The highest BCUT2D eigenvalue weighted by molar-refractivity contribution is 9.11. The van der Waals surface area contributed by atoms with E-state index >= 15 is 0 Å². The molecule has 0 fully saturated rings. The van der Waals surface area contributed by atoms with Crippen molar-refractivity contribution in [1.82, 2.24) is 10.3 Å². The van der Waals surface area contributed by atoms with Crippen LogP contribution in [0.5, 0.6) is 5.75 Å². The number of aromatic amines is 1. The van der Waals surface area contributed by atoms with Crippen LogP contribution in [0.3, 0.4) is 0 Å². The van der Waals surface area contributed by atoms with Crippen LogP contribution >= 0.6 is 31.9 Å². The lowest BCUT2D eigenvalue weighted by atomic mass is 9.90. The Balaban J connectivity index is 1.96. The summed E-state index contributed by atoms with van der Waals surface area (Å²) in [7, 11) is 1.61. The van der Waals surface area contributed by atoms with Crippen LogP contribution in [0, 0.1) is 0 Å². The fourth-order valence-corrected chi connectivity index (χ4v) is 5.07. The highest BCUT2D eigenvalue weighted by atomic mass is 79.9. The van der Waals surface area contributed by atoms with Gasteiger partial charge in [0, 0.05) is 33.1 Å². The van der Waals surface area contributed by atoms with Crippen molar-refractivity contribution < 1.29 is 14.6 Å². The fourth-order valence-electron chi connectivity index (χ4n) is 3.65. The Morgan fingerprint density at radius 3 is 2.77 bits per heavy atom. The number of carbonyl (C=O) groups is 1. The Morgan fingerprint density at radius 1 is 1.27 bits per heavy atom. The molecule has 4 rings (SSSR count). The van der Waals surface area contributed by atoms with Gasteiger partial charge >= 0.3 is 5.97 Å². The number of H-pyrrole nitrogens is 1. The summed E-state index contributed by atoms with van der Waals surface area (Å²) in [6.07, 6.45) is 0.433. The van der Waals surface area contributed by atoms with E-state index in [1.807, 2.05) is 36.4 Å². The molecular formula is C19H16Br2N2O3. The minimum Gasteiger partial charge on any atom is -0.495 e. The molecule has 1 aromatic heterocycles. The number of benzene rings is 2. The zero-order valence-electron chi connectivity index (χ0n) is 13.8. The zero-order chi connectivity index (χ0) is 18.4. The number of aromatic nitrogens is 1. The summed E-state index contributed by atoms with van der Waals surface area (Å²) in [5.41, 5.74) is 3.89. The molecule has 3 aromatic rings. The minimum atomic E-state index is -0.862. The summed E-state index contributed by atoms with van der Waals surface area (Å²) in [4.78, 5) is 15.2. The topological polar surface area (TPSA) is 74.3 Å². The number of rotatable bonds is 3. The highest BCUT2D eigenvalue weighted by Crippen LogP contribution is 2.42. The molecule has 0 unspecified atom stereocenters. The van der Waals surface area contributed by atoms with Crippen molar-refractivity contribution in [3.8, 4) is 5.75 Å². The summed E-state index contributed by atoms with van der Waals surface area (Å²) in [6.45, 7) is 0. The normalized spacial score (nSPS) is 19.3. The van der Waals surface area contributed by atoms with Crippen molar-refractivity contribution in [2.75, 3.05) is 7.11 Å².